The van der Waals surface area contributed by atoms with E-state index < -0.39 is 0 Å². The molecule has 1 aromatic heterocycles. The first kappa shape index (κ1) is 17.6. The van der Waals surface area contributed by atoms with Gasteiger partial charge < -0.3 is 14.8 Å². The van der Waals surface area contributed by atoms with E-state index in [-0.39, 0.29) is 18.6 Å². The summed E-state index contributed by atoms with van der Waals surface area (Å²) in [6.07, 6.45) is 4.22. The van der Waals surface area contributed by atoms with Gasteiger partial charge in [-0.2, -0.15) is 5.10 Å². The molecule has 1 amide bonds. The lowest BCUT2D eigenvalue weighted by atomic mass is 10.1. The molecule has 0 aliphatic heterocycles. The van der Waals surface area contributed by atoms with E-state index in [0.717, 1.165) is 12.0 Å². The number of amides is 1. The van der Waals surface area contributed by atoms with Crippen LogP contribution in [0.2, 0.25) is 0 Å². The Kier molecular flexibility index (Phi) is 6.01. The number of benzene rings is 1. The largest absolute Gasteiger partial charge is 0.493 e. The molecule has 0 aliphatic rings. The first-order valence-corrected chi connectivity index (χ1v) is 7.79. The van der Waals surface area contributed by atoms with Crippen LogP contribution in [0.25, 0.3) is 0 Å². The molecule has 6 heteroatoms. The number of rotatable bonds is 8. The average molecular weight is 329 g/mol. The Balaban J connectivity index is 1.98. The maximum Gasteiger partial charge on any atom is 0.263 e. The molecule has 0 aliphatic carbocycles. The number of anilines is 1. The van der Waals surface area contributed by atoms with Crippen LogP contribution < -0.4 is 14.8 Å². The van der Waals surface area contributed by atoms with E-state index >= 15 is 0 Å². The third-order valence-corrected chi connectivity index (χ3v) is 3.39. The number of carbonyl (C=O) groups is 1. The summed E-state index contributed by atoms with van der Waals surface area (Å²) >= 11 is 0. The Morgan fingerprint density at radius 2 is 2.17 bits per heavy atom. The van der Waals surface area contributed by atoms with Crippen LogP contribution in [0.3, 0.4) is 0 Å². The highest BCUT2D eigenvalue weighted by molar-refractivity contribution is 5.91. The Labute approximate surface area is 142 Å². The second-order valence-corrected chi connectivity index (χ2v) is 5.57. The SMILES string of the molecule is C=CCc1ccc(OCC(=O)Nc2ccnn2C(C)C)c(OC)c1. The zero-order valence-corrected chi connectivity index (χ0v) is 14.3. The van der Waals surface area contributed by atoms with E-state index in [0.29, 0.717) is 17.3 Å². The van der Waals surface area contributed by atoms with Gasteiger partial charge in [0.05, 0.1) is 13.3 Å². The molecular weight excluding hydrogens is 306 g/mol. The number of methoxy groups -OCH3 is 1. The Morgan fingerprint density at radius 3 is 2.83 bits per heavy atom. The second kappa shape index (κ2) is 8.19. The van der Waals surface area contributed by atoms with Crippen molar-refractivity contribution in [1.82, 2.24) is 9.78 Å². The molecule has 0 saturated carbocycles. The summed E-state index contributed by atoms with van der Waals surface area (Å²) in [5.41, 5.74) is 1.07. The third-order valence-electron chi connectivity index (χ3n) is 3.39. The monoisotopic (exact) mass is 329 g/mol. The van der Waals surface area contributed by atoms with Gasteiger partial charge in [-0.05, 0) is 38.0 Å². The first-order chi connectivity index (χ1) is 11.5. The van der Waals surface area contributed by atoms with E-state index in [1.165, 1.54) is 0 Å². The number of carbonyl (C=O) groups excluding carboxylic acids is 1. The lowest BCUT2D eigenvalue weighted by Crippen LogP contribution is -2.22. The number of aromatic nitrogens is 2. The van der Waals surface area contributed by atoms with E-state index in [9.17, 15) is 4.79 Å². The van der Waals surface area contributed by atoms with Gasteiger partial charge in [-0.1, -0.05) is 12.1 Å². The van der Waals surface area contributed by atoms with Gasteiger partial charge in [-0.3, -0.25) is 4.79 Å². The summed E-state index contributed by atoms with van der Waals surface area (Å²) in [5, 5.41) is 6.97. The van der Waals surface area contributed by atoms with Crippen molar-refractivity contribution in [3.63, 3.8) is 0 Å². The van der Waals surface area contributed by atoms with Crippen LogP contribution in [0.1, 0.15) is 25.5 Å². The topological polar surface area (TPSA) is 65.4 Å². The van der Waals surface area contributed by atoms with E-state index in [2.05, 4.69) is 17.0 Å². The predicted octanol–water partition coefficient (Wildman–Crippen LogP) is 3.22. The summed E-state index contributed by atoms with van der Waals surface area (Å²) in [6.45, 7) is 7.60. The van der Waals surface area contributed by atoms with Gasteiger partial charge in [0, 0.05) is 12.1 Å². The smallest absolute Gasteiger partial charge is 0.263 e. The molecule has 0 bridgehead atoms. The minimum absolute atomic E-state index is 0.111. The third kappa shape index (κ3) is 4.38. The zero-order valence-electron chi connectivity index (χ0n) is 14.3. The minimum Gasteiger partial charge on any atom is -0.493 e. The van der Waals surface area contributed by atoms with Gasteiger partial charge in [-0.15, -0.1) is 6.58 Å². The van der Waals surface area contributed by atoms with Crippen molar-refractivity contribution < 1.29 is 14.3 Å². The van der Waals surface area contributed by atoms with Crippen LogP contribution in [0.5, 0.6) is 11.5 Å². The van der Waals surface area contributed by atoms with Crippen LogP contribution in [-0.2, 0) is 11.2 Å². The van der Waals surface area contributed by atoms with Crippen molar-refractivity contribution in [2.24, 2.45) is 0 Å². The normalized spacial score (nSPS) is 10.5. The molecule has 1 N–H and O–H groups in total. The zero-order chi connectivity index (χ0) is 17.5. The molecule has 2 aromatic rings. The van der Waals surface area contributed by atoms with Crippen LogP contribution in [0.15, 0.2) is 43.1 Å². The summed E-state index contributed by atoms with van der Waals surface area (Å²) in [7, 11) is 1.57. The number of hydrogen-bond donors (Lipinski definition) is 1. The molecule has 6 nitrogen and oxygen atoms in total. The Bertz CT molecular complexity index is 707. The minimum atomic E-state index is -0.255. The summed E-state index contributed by atoms with van der Waals surface area (Å²) in [4.78, 5) is 12.1. The fraction of sp³-hybridized carbons (Fsp3) is 0.333. The van der Waals surface area contributed by atoms with Gasteiger partial charge >= 0.3 is 0 Å². The van der Waals surface area contributed by atoms with Crippen LogP contribution in [0.4, 0.5) is 5.82 Å². The summed E-state index contributed by atoms with van der Waals surface area (Å²) in [6, 6.07) is 7.51. The van der Waals surface area contributed by atoms with Crippen LogP contribution >= 0.6 is 0 Å². The van der Waals surface area contributed by atoms with Crippen molar-refractivity contribution in [3.05, 3.63) is 48.7 Å². The Hall–Kier alpha value is -2.76. The van der Waals surface area contributed by atoms with Gasteiger partial charge in [0.1, 0.15) is 5.82 Å². The quantitative estimate of drug-likeness (QED) is 0.755. The van der Waals surface area contributed by atoms with Crippen molar-refractivity contribution in [2.75, 3.05) is 19.0 Å². The number of nitrogens with one attached hydrogen (secondary N) is 1. The van der Waals surface area contributed by atoms with Gasteiger partial charge in [-0.25, -0.2) is 4.68 Å². The van der Waals surface area contributed by atoms with Crippen LogP contribution in [-0.4, -0.2) is 29.4 Å². The maximum atomic E-state index is 12.1. The predicted molar refractivity (Wildman–Crippen MR) is 93.6 cm³/mol. The lowest BCUT2D eigenvalue weighted by Gasteiger charge is -2.13. The molecule has 0 saturated heterocycles. The highest BCUT2D eigenvalue weighted by atomic mass is 16.5. The molecule has 0 radical (unpaired) electrons. The number of nitrogens with zero attached hydrogens (tertiary/aromatic N) is 2. The van der Waals surface area contributed by atoms with E-state index in [1.54, 1.807) is 30.1 Å². The molecule has 1 heterocycles. The van der Waals surface area contributed by atoms with E-state index in [4.69, 9.17) is 9.47 Å². The fourth-order valence-corrected chi connectivity index (χ4v) is 2.27. The standard InChI is InChI=1S/C18H23N3O3/c1-5-6-14-7-8-15(16(11-14)23-4)24-12-18(22)20-17-9-10-19-21(17)13(2)3/h5,7-11,13H,1,6,12H2,2-4H3,(H,20,22). The molecule has 0 fully saturated rings. The molecule has 0 spiro atoms. The number of hydrogen-bond acceptors (Lipinski definition) is 4. The van der Waals surface area contributed by atoms with Gasteiger partial charge in [0.25, 0.3) is 5.91 Å². The van der Waals surface area contributed by atoms with Crippen molar-refractivity contribution in [1.29, 1.82) is 0 Å². The molecule has 0 atom stereocenters. The maximum absolute atomic E-state index is 12.1. The summed E-state index contributed by atoms with van der Waals surface area (Å²) in [5.74, 6) is 1.51. The Morgan fingerprint density at radius 1 is 1.38 bits per heavy atom. The van der Waals surface area contributed by atoms with Crippen molar-refractivity contribution in [2.45, 2.75) is 26.3 Å². The highest BCUT2D eigenvalue weighted by Gasteiger charge is 2.12. The molecular formula is C18H23N3O3. The highest BCUT2D eigenvalue weighted by Crippen LogP contribution is 2.28. The van der Waals surface area contributed by atoms with Gasteiger partial charge in [0.2, 0.25) is 0 Å². The second-order valence-electron chi connectivity index (χ2n) is 5.57. The fourth-order valence-electron chi connectivity index (χ4n) is 2.27. The first-order valence-electron chi connectivity index (χ1n) is 7.79. The molecule has 0 unspecified atom stereocenters. The van der Waals surface area contributed by atoms with Gasteiger partial charge in [0.15, 0.2) is 18.1 Å². The molecule has 1 aromatic carbocycles. The average Bonchev–Trinajstić information content (AvgIpc) is 3.02. The lowest BCUT2D eigenvalue weighted by molar-refractivity contribution is -0.118. The van der Waals surface area contributed by atoms with Crippen molar-refractivity contribution >= 4 is 11.7 Å². The summed E-state index contributed by atoms with van der Waals surface area (Å²) < 4.78 is 12.6. The van der Waals surface area contributed by atoms with E-state index in [1.807, 2.05) is 32.1 Å². The molecule has 2 rings (SSSR count). The molecule has 128 valence electrons. The van der Waals surface area contributed by atoms with Crippen LogP contribution in [0, 0.1) is 0 Å². The number of ether oxygens (including phenoxy) is 2. The number of allylic oxidation sites excluding steroid dienone is 1. The van der Waals surface area contributed by atoms with Crippen molar-refractivity contribution in [3.8, 4) is 11.5 Å². The molecule has 24 heavy (non-hydrogen) atoms.